The van der Waals surface area contributed by atoms with Gasteiger partial charge in [0.1, 0.15) is 5.82 Å². The first-order chi connectivity index (χ1) is 7.83. The minimum Gasteiger partial charge on any atom is -0.356 e. The molecular weight excluding hydrogens is 200 g/mol. The predicted octanol–water partition coefficient (Wildman–Crippen LogP) is 2.14. The molecule has 1 aliphatic rings. The maximum Gasteiger partial charge on any atom is 0.224 e. The topological polar surface area (TPSA) is 41.1 Å². The Morgan fingerprint density at radius 3 is 3.06 bits per heavy atom. The van der Waals surface area contributed by atoms with Crippen molar-refractivity contribution < 1.29 is 0 Å². The maximum atomic E-state index is 4.52. The van der Waals surface area contributed by atoms with Gasteiger partial charge in [-0.3, -0.25) is 0 Å². The molecule has 2 heterocycles. The quantitative estimate of drug-likeness (QED) is 0.844. The van der Waals surface area contributed by atoms with Gasteiger partial charge in [0.25, 0.3) is 0 Å². The zero-order valence-electron chi connectivity index (χ0n) is 10.1. The Bertz CT molecular complexity index is 340. The van der Waals surface area contributed by atoms with E-state index in [1.165, 1.54) is 12.8 Å². The van der Waals surface area contributed by atoms with Gasteiger partial charge >= 0.3 is 0 Å². The van der Waals surface area contributed by atoms with Gasteiger partial charge in [0.15, 0.2) is 0 Å². The van der Waals surface area contributed by atoms with Crippen molar-refractivity contribution in [3.05, 3.63) is 12.3 Å². The van der Waals surface area contributed by atoms with Gasteiger partial charge in [-0.15, -0.1) is 0 Å². The number of anilines is 2. The third-order valence-corrected chi connectivity index (χ3v) is 3.16. The van der Waals surface area contributed by atoms with E-state index in [1.807, 2.05) is 12.3 Å². The van der Waals surface area contributed by atoms with Crippen molar-refractivity contribution in [2.75, 3.05) is 29.9 Å². The number of aromatic nitrogens is 2. The molecule has 4 nitrogen and oxygen atoms in total. The highest BCUT2D eigenvalue weighted by Crippen LogP contribution is 2.24. The summed E-state index contributed by atoms with van der Waals surface area (Å²) < 4.78 is 0. The van der Waals surface area contributed by atoms with Crippen molar-refractivity contribution in [2.45, 2.75) is 26.7 Å². The Hall–Kier alpha value is -1.32. The Balaban J connectivity index is 2.06. The third kappa shape index (κ3) is 2.43. The van der Waals surface area contributed by atoms with Crippen LogP contribution in [0.5, 0.6) is 0 Å². The first kappa shape index (κ1) is 11.2. The Morgan fingerprint density at radius 1 is 1.50 bits per heavy atom. The second kappa shape index (κ2) is 5.14. The van der Waals surface area contributed by atoms with Crippen LogP contribution in [0.15, 0.2) is 12.3 Å². The van der Waals surface area contributed by atoms with Gasteiger partial charge < -0.3 is 10.2 Å². The van der Waals surface area contributed by atoms with Gasteiger partial charge in [0.2, 0.25) is 5.95 Å². The summed E-state index contributed by atoms with van der Waals surface area (Å²) in [4.78, 5) is 11.1. The second-order valence-corrected chi connectivity index (χ2v) is 4.28. The molecule has 4 heteroatoms. The van der Waals surface area contributed by atoms with Crippen molar-refractivity contribution in [2.24, 2.45) is 5.92 Å². The Labute approximate surface area is 97.1 Å². The van der Waals surface area contributed by atoms with Gasteiger partial charge in [-0.1, -0.05) is 13.3 Å². The molecule has 0 saturated carbocycles. The molecular formula is C12H20N4. The lowest BCUT2D eigenvalue weighted by molar-refractivity contribution is 0.568. The van der Waals surface area contributed by atoms with Crippen LogP contribution in [-0.2, 0) is 0 Å². The molecule has 1 unspecified atom stereocenters. The fraction of sp³-hybridized carbons (Fsp3) is 0.667. The van der Waals surface area contributed by atoms with Crippen LogP contribution < -0.4 is 10.2 Å². The number of hydrogen-bond acceptors (Lipinski definition) is 4. The van der Waals surface area contributed by atoms with E-state index in [9.17, 15) is 0 Å². The van der Waals surface area contributed by atoms with Gasteiger partial charge in [-0.2, -0.15) is 4.98 Å². The molecule has 0 aliphatic carbocycles. The molecule has 1 atom stereocenters. The molecule has 0 radical (unpaired) electrons. The molecule has 1 aromatic heterocycles. The largest absolute Gasteiger partial charge is 0.356 e. The Kier molecular flexibility index (Phi) is 3.59. The van der Waals surface area contributed by atoms with E-state index in [0.29, 0.717) is 0 Å². The van der Waals surface area contributed by atoms with Crippen LogP contribution in [-0.4, -0.2) is 29.6 Å². The Morgan fingerprint density at radius 2 is 2.38 bits per heavy atom. The SMILES string of the molecule is CCNc1nccc(N2CCC(CC)C2)n1. The highest BCUT2D eigenvalue weighted by Gasteiger charge is 2.22. The van der Waals surface area contributed by atoms with Crippen LogP contribution in [0.4, 0.5) is 11.8 Å². The fourth-order valence-electron chi connectivity index (χ4n) is 2.14. The van der Waals surface area contributed by atoms with E-state index in [1.54, 1.807) is 0 Å². The standard InChI is InChI=1S/C12H20N4/c1-3-10-6-8-16(9-10)11-5-7-14-12(15-11)13-4-2/h5,7,10H,3-4,6,8-9H2,1-2H3,(H,13,14,15). The van der Waals surface area contributed by atoms with E-state index < -0.39 is 0 Å². The molecule has 0 aromatic carbocycles. The molecule has 16 heavy (non-hydrogen) atoms. The summed E-state index contributed by atoms with van der Waals surface area (Å²) in [6.07, 6.45) is 4.39. The average molecular weight is 220 g/mol. The number of nitrogens with one attached hydrogen (secondary N) is 1. The van der Waals surface area contributed by atoms with Gasteiger partial charge in [0, 0.05) is 25.8 Å². The van der Waals surface area contributed by atoms with E-state index >= 15 is 0 Å². The minimum absolute atomic E-state index is 0.736. The summed E-state index contributed by atoms with van der Waals surface area (Å²) in [6.45, 7) is 7.44. The summed E-state index contributed by atoms with van der Waals surface area (Å²) >= 11 is 0. The van der Waals surface area contributed by atoms with Crippen LogP contribution in [0.2, 0.25) is 0 Å². The van der Waals surface area contributed by atoms with E-state index in [-0.39, 0.29) is 0 Å². The van der Waals surface area contributed by atoms with Crippen molar-refractivity contribution >= 4 is 11.8 Å². The summed E-state index contributed by atoms with van der Waals surface area (Å²) in [7, 11) is 0. The lowest BCUT2D eigenvalue weighted by Gasteiger charge is -2.17. The van der Waals surface area contributed by atoms with Crippen LogP contribution in [0.3, 0.4) is 0 Å². The van der Waals surface area contributed by atoms with Crippen molar-refractivity contribution in [3.8, 4) is 0 Å². The molecule has 0 spiro atoms. The second-order valence-electron chi connectivity index (χ2n) is 4.28. The van der Waals surface area contributed by atoms with Crippen molar-refractivity contribution in [3.63, 3.8) is 0 Å². The van der Waals surface area contributed by atoms with Crippen LogP contribution >= 0.6 is 0 Å². The first-order valence-electron chi connectivity index (χ1n) is 6.15. The monoisotopic (exact) mass is 220 g/mol. The van der Waals surface area contributed by atoms with Crippen LogP contribution in [0.25, 0.3) is 0 Å². The summed E-state index contributed by atoms with van der Waals surface area (Å²) in [5.41, 5.74) is 0. The lowest BCUT2D eigenvalue weighted by Crippen LogP contribution is -2.21. The van der Waals surface area contributed by atoms with Gasteiger partial charge in [-0.25, -0.2) is 4.98 Å². The molecule has 2 rings (SSSR count). The number of rotatable bonds is 4. The molecule has 1 N–H and O–H groups in total. The normalized spacial score (nSPS) is 20.1. The fourth-order valence-corrected chi connectivity index (χ4v) is 2.14. The van der Waals surface area contributed by atoms with E-state index in [0.717, 1.165) is 37.3 Å². The van der Waals surface area contributed by atoms with Gasteiger partial charge in [-0.05, 0) is 25.3 Å². The maximum absolute atomic E-state index is 4.52. The van der Waals surface area contributed by atoms with Crippen LogP contribution in [0, 0.1) is 5.92 Å². The first-order valence-corrected chi connectivity index (χ1v) is 6.15. The van der Waals surface area contributed by atoms with Crippen molar-refractivity contribution in [1.82, 2.24) is 9.97 Å². The molecule has 1 aliphatic heterocycles. The summed E-state index contributed by atoms with van der Waals surface area (Å²) in [5.74, 6) is 2.62. The molecule has 1 saturated heterocycles. The molecule has 1 fully saturated rings. The zero-order chi connectivity index (χ0) is 11.4. The van der Waals surface area contributed by atoms with Crippen LogP contribution in [0.1, 0.15) is 26.7 Å². The summed E-state index contributed by atoms with van der Waals surface area (Å²) in [5, 5.41) is 3.15. The zero-order valence-corrected chi connectivity index (χ0v) is 10.1. The smallest absolute Gasteiger partial charge is 0.224 e. The molecule has 0 amide bonds. The highest BCUT2D eigenvalue weighted by atomic mass is 15.2. The molecule has 0 bridgehead atoms. The van der Waals surface area contributed by atoms with Gasteiger partial charge in [0.05, 0.1) is 0 Å². The molecule has 1 aromatic rings. The highest BCUT2D eigenvalue weighted by molar-refractivity contribution is 5.43. The average Bonchev–Trinajstić information content (AvgIpc) is 2.78. The lowest BCUT2D eigenvalue weighted by atomic mass is 10.1. The van der Waals surface area contributed by atoms with E-state index in [4.69, 9.17) is 0 Å². The number of nitrogens with zero attached hydrogens (tertiary/aromatic N) is 3. The minimum atomic E-state index is 0.736. The molecule has 88 valence electrons. The number of hydrogen-bond donors (Lipinski definition) is 1. The predicted molar refractivity (Wildman–Crippen MR) is 66.8 cm³/mol. The third-order valence-electron chi connectivity index (χ3n) is 3.16. The van der Waals surface area contributed by atoms with E-state index in [2.05, 4.69) is 34.0 Å². The van der Waals surface area contributed by atoms with Crippen molar-refractivity contribution in [1.29, 1.82) is 0 Å². The summed E-state index contributed by atoms with van der Waals surface area (Å²) in [6, 6.07) is 2.00.